The molecule has 2 heteroatoms. The summed E-state index contributed by atoms with van der Waals surface area (Å²) in [6, 6.07) is 0. The molecule has 0 radical (unpaired) electrons. The number of carbonyl (C=O) groups is 1. The largest absolute Gasteiger partial charge is 0.381 e. The van der Waals surface area contributed by atoms with Gasteiger partial charge in [0.2, 0.25) is 0 Å². The van der Waals surface area contributed by atoms with Gasteiger partial charge in [0.25, 0.3) is 0 Å². The zero-order chi connectivity index (χ0) is 10.6. The maximum absolute atomic E-state index is 11.1. The molecule has 1 fully saturated rings. The fraction of sp³-hybridized carbons (Fsp3) is 0.917. The summed E-state index contributed by atoms with van der Waals surface area (Å²) in [5, 5.41) is 0. The minimum atomic E-state index is 0.174. The van der Waals surface area contributed by atoms with E-state index < -0.39 is 0 Å². The molecule has 1 heterocycles. The summed E-state index contributed by atoms with van der Waals surface area (Å²) in [5.41, 5.74) is 0.174. The Labute approximate surface area is 87.0 Å². The van der Waals surface area contributed by atoms with Crippen LogP contribution in [-0.2, 0) is 9.53 Å². The van der Waals surface area contributed by atoms with Gasteiger partial charge in [-0.2, -0.15) is 0 Å². The summed E-state index contributed by atoms with van der Waals surface area (Å²) in [7, 11) is 0. The Balaban J connectivity index is 2.36. The van der Waals surface area contributed by atoms with Gasteiger partial charge < -0.3 is 9.53 Å². The van der Waals surface area contributed by atoms with Gasteiger partial charge >= 0.3 is 0 Å². The van der Waals surface area contributed by atoms with Gasteiger partial charge in [0.1, 0.15) is 5.78 Å². The number of ketones is 1. The molecule has 0 bridgehead atoms. The van der Waals surface area contributed by atoms with Crippen molar-refractivity contribution < 1.29 is 9.53 Å². The van der Waals surface area contributed by atoms with Crippen molar-refractivity contribution in [2.24, 2.45) is 11.3 Å². The van der Waals surface area contributed by atoms with Crippen LogP contribution in [0.5, 0.6) is 0 Å². The van der Waals surface area contributed by atoms with E-state index in [9.17, 15) is 4.79 Å². The molecule has 1 aliphatic heterocycles. The van der Waals surface area contributed by atoms with Crippen molar-refractivity contribution in [3.63, 3.8) is 0 Å². The van der Waals surface area contributed by atoms with E-state index in [1.54, 1.807) is 6.92 Å². The Morgan fingerprint density at radius 3 is 2.43 bits per heavy atom. The van der Waals surface area contributed by atoms with Crippen molar-refractivity contribution >= 4 is 5.78 Å². The molecule has 82 valence electrons. The Morgan fingerprint density at radius 1 is 1.36 bits per heavy atom. The SMILES string of the molecule is CC(=O)CC(C)(C)CC1CCOCC1. The number of Topliss-reactive ketones (excluding diaryl/α,β-unsaturated/α-hetero) is 1. The molecule has 0 aliphatic carbocycles. The van der Waals surface area contributed by atoms with Crippen LogP contribution in [0.3, 0.4) is 0 Å². The van der Waals surface area contributed by atoms with Gasteiger partial charge in [0, 0.05) is 19.6 Å². The predicted octanol–water partition coefficient (Wildman–Crippen LogP) is 2.81. The van der Waals surface area contributed by atoms with E-state index in [4.69, 9.17) is 4.74 Å². The van der Waals surface area contributed by atoms with E-state index in [0.717, 1.165) is 25.6 Å². The summed E-state index contributed by atoms with van der Waals surface area (Å²) < 4.78 is 5.33. The lowest BCUT2D eigenvalue weighted by atomic mass is 9.77. The summed E-state index contributed by atoms with van der Waals surface area (Å²) in [5.74, 6) is 1.07. The highest BCUT2D eigenvalue weighted by atomic mass is 16.5. The molecule has 1 aliphatic rings. The second-order valence-electron chi connectivity index (χ2n) is 5.30. The zero-order valence-electron chi connectivity index (χ0n) is 9.64. The first kappa shape index (κ1) is 11.7. The molecule has 0 spiro atoms. The maximum atomic E-state index is 11.1. The van der Waals surface area contributed by atoms with Crippen molar-refractivity contribution in [2.45, 2.75) is 46.5 Å². The molecule has 14 heavy (non-hydrogen) atoms. The van der Waals surface area contributed by atoms with Gasteiger partial charge in [-0.25, -0.2) is 0 Å². The maximum Gasteiger partial charge on any atom is 0.130 e. The minimum Gasteiger partial charge on any atom is -0.381 e. The minimum absolute atomic E-state index is 0.174. The van der Waals surface area contributed by atoms with Crippen molar-refractivity contribution in [3.8, 4) is 0 Å². The topological polar surface area (TPSA) is 26.3 Å². The molecule has 1 rings (SSSR count). The number of carbonyl (C=O) groups excluding carboxylic acids is 1. The third-order valence-corrected chi connectivity index (χ3v) is 2.91. The molecule has 0 aromatic carbocycles. The van der Waals surface area contributed by atoms with Crippen LogP contribution in [-0.4, -0.2) is 19.0 Å². The fourth-order valence-corrected chi connectivity index (χ4v) is 2.48. The highest BCUT2D eigenvalue weighted by molar-refractivity contribution is 5.76. The molecule has 0 N–H and O–H groups in total. The average molecular weight is 198 g/mol. The van der Waals surface area contributed by atoms with Crippen molar-refractivity contribution in [2.75, 3.05) is 13.2 Å². The summed E-state index contributed by atoms with van der Waals surface area (Å²) >= 11 is 0. The fourth-order valence-electron chi connectivity index (χ4n) is 2.48. The molecule has 1 saturated heterocycles. The second-order valence-corrected chi connectivity index (χ2v) is 5.30. The van der Waals surface area contributed by atoms with Crippen LogP contribution < -0.4 is 0 Å². The molecule has 2 nitrogen and oxygen atoms in total. The van der Waals surface area contributed by atoms with Gasteiger partial charge in [0.05, 0.1) is 0 Å². The monoisotopic (exact) mass is 198 g/mol. The highest BCUT2D eigenvalue weighted by Gasteiger charge is 2.25. The van der Waals surface area contributed by atoms with Gasteiger partial charge in [-0.3, -0.25) is 0 Å². The summed E-state index contributed by atoms with van der Waals surface area (Å²) in [6.07, 6.45) is 4.21. The standard InChI is InChI=1S/C12H22O2/c1-10(13)8-12(2,3)9-11-4-6-14-7-5-11/h11H,4-9H2,1-3H3. The lowest BCUT2D eigenvalue weighted by Crippen LogP contribution is -2.24. The molecule has 0 amide bonds. The molecule has 0 aromatic heterocycles. The molecular weight excluding hydrogens is 176 g/mol. The third kappa shape index (κ3) is 4.23. The van der Waals surface area contributed by atoms with E-state index >= 15 is 0 Å². The van der Waals surface area contributed by atoms with Gasteiger partial charge in [0.15, 0.2) is 0 Å². The lowest BCUT2D eigenvalue weighted by Gasteiger charge is -2.31. The third-order valence-electron chi connectivity index (χ3n) is 2.91. The molecule has 0 saturated carbocycles. The molecule has 0 atom stereocenters. The van der Waals surface area contributed by atoms with Crippen LogP contribution in [0.25, 0.3) is 0 Å². The number of hydrogen-bond donors (Lipinski definition) is 0. The molecular formula is C12H22O2. The molecule has 0 aromatic rings. The van der Waals surface area contributed by atoms with Crippen LogP contribution >= 0.6 is 0 Å². The Hall–Kier alpha value is -0.370. The lowest BCUT2D eigenvalue weighted by molar-refractivity contribution is -0.119. The van der Waals surface area contributed by atoms with Crippen LogP contribution in [0.4, 0.5) is 0 Å². The smallest absolute Gasteiger partial charge is 0.130 e. The number of rotatable bonds is 4. The van der Waals surface area contributed by atoms with E-state index in [0.29, 0.717) is 12.2 Å². The van der Waals surface area contributed by atoms with Crippen LogP contribution in [0.15, 0.2) is 0 Å². The van der Waals surface area contributed by atoms with Crippen molar-refractivity contribution in [3.05, 3.63) is 0 Å². The van der Waals surface area contributed by atoms with Gasteiger partial charge in [-0.15, -0.1) is 0 Å². The van der Waals surface area contributed by atoms with Crippen molar-refractivity contribution in [1.29, 1.82) is 0 Å². The summed E-state index contributed by atoms with van der Waals surface area (Å²) in [4.78, 5) is 11.1. The van der Waals surface area contributed by atoms with Crippen LogP contribution in [0, 0.1) is 11.3 Å². The Kier molecular flexibility index (Phi) is 4.11. The van der Waals surface area contributed by atoms with Crippen LogP contribution in [0.1, 0.15) is 46.5 Å². The highest BCUT2D eigenvalue weighted by Crippen LogP contribution is 2.33. The predicted molar refractivity (Wildman–Crippen MR) is 57.2 cm³/mol. The quantitative estimate of drug-likeness (QED) is 0.694. The van der Waals surface area contributed by atoms with E-state index in [2.05, 4.69) is 13.8 Å². The summed E-state index contributed by atoms with van der Waals surface area (Å²) in [6.45, 7) is 7.89. The molecule has 0 unspecified atom stereocenters. The van der Waals surface area contributed by atoms with E-state index in [-0.39, 0.29) is 5.41 Å². The normalized spacial score (nSPS) is 19.6. The van der Waals surface area contributed by atoms with Crippen LogP contribution in [0.2, 0.25) is 0 Å². The first-order valence-corrected chi connectivity index (χ1v) is 5.57. The second kappa shape index (κ2) is 4.92. The zero-order valence-corrected chi connectivity index (χ0v) is 9.64. The average Bonchev–Trinajstić information content (AvgIpc) is 2.02. The van der Waals surface area contributed by atoms with E-state index in [1.165, 1.54) is 12.8 Å². The Bertz CT molecular complexity index is 190. The van der Waals surface area contributed by atoms with Crippen molar-refractivity contribution in [1.82, 2.24) is 0 Å². The Morgan fingerprint density at radius 2 is 1.93 bits per heavy atom. The van der Waals surface area contributed by atoms with Gasteiger partial charge in [-0.05, 0) is 37.5 Å². The van der Waals surface area contributed by atoms with E-state index in [1.807, 2.05) is 0 Å². The first-order valence-electron chi connectivity index (χ1n) is 5.57. The number of ether oxygens (including phenoxy) is 1. The first-order chi connectivity index (χ1) is 6.49. The number of hydrogen-bond acceptors (Lipinski definition) is 2. The van der Waals surface area contributed by atoms with Gasteiger partial charge in [-0.1, -0.05) is 13.8 Å².